The number of nitrogens with two attached hydrogens (primary N) is 1. The van der Waals surface area contributed by atoms with Crippen molar-refractivity contribution in [1.82, 2.24) is 20.2 Å². The lowest BCUT2D eigenvalue weighted by atomic mass is 9.81. The Morgan fingerprint density at radius 1 is 1.58 bits per heavy atom. The van der Waals surface area contributed by atoms with Gasteiger partial charge in [0.1, 0.15) is 0 Å². The third-order valence-corrected chi connectivity index (χ3v) is 2.63. The van der Waals surface area contributed by atoms with Crippen LogP contribution in [0.3, 0.4) is 0 Å². The van der Waals surface area contributed by atoms with Crippen LogP contribution in [0.2, 0.25) is 0 Å². The zero-order chi connectivity index (χ0) is 8.55. The minimum Gasteiger partial charge on any atom is -0.324 e. The summed E-state index contributed by atoms with van der Waals surface area (Å²) in [4.78, 5) is 0. The van der Waals surface area contributed by atoms with E-state index in [9.17, 15) is 0 Å². The zero-order valence-electron chi connectivity index (χ0n) is 7.14. The Bertz CT molecular complexity index is 269. The molecule has 1 aromatic rings. The summed E-state index contributed by atoms with van der Waals surface area (Å²) in [6.07, 6.45) is 2.45. The molecular formula is C7H13N5. The first-order chi connectivity index (χ1) is 5.83. The Morgan fingerprint density at radius 3 is 2.92 bits per heavy atom. The van der Waals surface area contributed by atoms with Gasteiger partial charge in [0.15, 0.2) is 5.82 Å². The van der Waals surface area contributed by atoms with E-state index in [2.05, 4.69) is 22.4 Å². The van der Waals surface area contributed by atoms with Gasteiger partial charge >= 0.3 is 0 Å². The largest absolute Gasteiger partial charge is 0.324 e. The molecule has 1 aliphatic carbocycles. The first kappa shape index (κ1) is 7.67. The lowest BCUT2D eigenvalue weighted by molar-refractivity contribution is 0.178. The van der Waals surface area contributed by atoms with Crippen molar-refractivity contribution in [2.45, 2.75) is 32.4 Å². The number of aromatic nitrogens is 4. The molecule has 0 aliphatic heterocycles. The molecule has 1 aromatic heterocycles. The van der Waals surface area contributed by atoms with Crippen LogP contribution in [0.5, 0.6) is 0 Å². The Balaban J connectivity index is 2.21. The SMILES string of the molecule is CC1CCC1n1nnnc1CN. The first-order valence-electron chi connectivity index (χ1n) is 4.29. The van der Waals surface area contributed by atoms with Gasteiger partial charge in [-0.1, -0.05) is 6.92 Å². The second-order valence-corrected chi connectivity index (χ2v) is 3.37. The van der Waals surface area contributed by atoms with Crippen LogP contribution in [0.25, 0.3) is 0 Å². The highest BCUT2D eigenvalue weighted by Gasteiger charge is 2.30. The average Bonchev–Trinajstić information content (AvgIpc) is 2.50. The fourth-order valence-corrected chi connectivity index (χ4v) is 1.62. The Labute approximate surface area is 70.9 Å². The highest BCUT2D eigenvalue weighted by atomic mass is 15.6. The van der Waals surface area contributed by atoms with Gasteiger partial charge in [-0.15, -0.1) is 5.10 Å². The van der Waals surface area contributed by atoms with Crippen molar-refractivity contribution in [3.05, 3.63) is 5.82 Å². The maximum Gasteiger partial charge on any atom is 0.165 e. The monoisotopic (exact) mass is 167 g/mol. The molecule has 0 spiro atoms. The van der Waals surface area contributed by atoms with Crippen molar-refractivity contribution in [1.29, 1.82) is 0 Å². The molecule has 5 nitrogen and oxygen atoms in total. The van der Waals surface area contributed by atoms with E-state index >= 15 is 0 Å². The fraction of sp³-hybridized carbons (Fsp3) is 0.857. The molecule has 12 heavy (non-hydrogen) atoms. The summed E-state index contributed by atoms with van der Waals surface area (Å²) in [5.41, 5.74) is 5.49. The van der Waals surface area contributed by atoms with Crippen LogP contribution in [0.1, 0.15) is 31.6 Å². The molecule has 2 N–H and O–H groups in total. The van der Waals surface area contributed by atoms with Crippen LogP contribution < -0.4 is 5.73 Å². The maximum absolute atomic E-state index is 5.49. The quantitative estimate of drug-likeness (QED) is 0.678. The second-order valence-electron chi connectivity index (χ2n) is 3.37. The molecule has 1 aliphatic rings. The summed E-state index contributed by atoms with van der Waals surface area (Å²) in [7, 11) is 0. The second kappa shape index (κ2) is 2.82. The Hall–Kier alpha value is -0.970. The summed E-state index contributed by atoms with van der Waals surface area (Å²) in [6.45, 7) is 2.65. The first-order valence-corrected chi connectivity index (χ1v) is 4.29. The Kier molecular flexibility index (Phi) is 1.80. The highest BCUT2D eigenvalue weighted by molar-refractivity contribution is 4.89. The number of nitrogens with zero attached hydrogens (tertiary/aromatic N) is 4. The molecular weight excluding hydrogens is 154 g/mol. The van der Waals surface area contributed by atoms with E-state index in [1.54, 1.807) is 0 Å². The summed E-state index contributed by atoms with van der Waals surface area (Å²) in [6, 6.07) is 0.485. The van der Waals surface area contributed by atoms with E-state index in [1.165, 1.54) is 12.8 Å². The van der Waals surface area contributed by atoms with Gasteiger partial charge in [-0.25, -0.2) is 4.68 Å². The van der Waals surface area contributed by atoms with E-state index in [-0.39, 0.29) is 0 Å². The van der Waals surface area contributed by atoms with Crippen LogP contribution in [-0.2, 0) is 6.54 Å². The predicted molar refractivity (Wildman–Crippen MR) is 43.1 cm³/mol. The van der Waals surface area contributed by atoms with Gasteiger partial charge < -0.3 is 5.73 Å². The molecule has 2 unspecified atom stereocenters. The van der Waals surface area contributed by atoms with Crippen LogP contribution >= 0.6 is 0 Å². The lowest BCUT2D eigenvalue weighted by Gasteiger charge is -2.33. The minimum absolute atomic E-state index is 0.427. The van der Waals surface area contributed by atoms with Crippen molar-refractivity contribution in [3.63, 3.8) is 0 Å². The van der Waals surface area contributed by atoms with Crippen molar-refractivity contribution < 1.29 is 0 Å². The van der Waals surface area contributed by atoms with Gasteiger partial charge in [-0.3, -0.25) is 0 Å². The lowest BCUT2D eigenvalue weighted by Crippen LogP contribution is -2.29. The van der Waals surface area contributed by atoms with E-state index in [4.69, 9.17) is 5.73 Å². The molecule has 1 heterocycles. The highest BCUT2D eigenvalue weighted by Crippen LogP contribution is 2.37. The van der Waals surface area contributed by atoms with E-state index in [0.29, 0.717) is 18.5 Å². The molecule has 1 saturated carbocycles. The number of rotatable bonds is 2. The van der Waals surface area contributed by atoms with E-state index in [0.717, 1.165) is 5.82 Å². The molecule has 0 radical (unpaired) electrons. The fourth-order valence-electron chi connectivity index (χ4n) is 1.62. The normalized spacial score (nSPS) is 28.5. The van der Waals surface area contributed by atoms with Gasteiger partial charge in [0.05, 0.1) is 12.6 Å². The van der Waals surface area contributed by atoms with E-state index < -0.39 is 0 Å². The third kappa shape index (κ3) is 1.01. The van der Waals surface area contributed by atoms with Gasteiger partial charge in [-0.2, -0.15) is 0 Å². The summed E-state index contributed by atoms with van der Waals surface area (Å²) < 4.78 is 1.87. The molecule has 2 rings (SSSR count). The van der Waals surface area contributed by atoms with Gasteiger partial charge in [0, 0.05) is 0 Å². The molecule has 66 valence electrons. The molecule has 0 saturated heterocycles. The van der Waals surface area contributed by atoms with Crippen molar-refractivity contribution in [2.24, 2.45) is 11.7 Å². The standard InChI is InChI=1S/C7H13N5/c1-5-2-3-6(5)12-7(4-8)9-10-11-12/h5-6H,2-4,8H2,1H3. The molecule has 0 amide bonds. The van der Waals surface area contributed by atoms with Crippen LogP contribution in [0.4, 0.5) is 0 Å². The number of hydrogen-bond donors (Lipinski definition) is 1. The average molecular weight is 167 g/mol. The summed E-state index contributed by atoms with van der Waals surface area (Å²) in [5.74, 6) is 1.49. The maximum atomic E-state index is 5.49. The predicted octanol–water partition coefficient (Wildman–Crippen LogP) is 0.103. The molecule has 0 bridgehead atoms. The number of hydrogen-bond acceptors (Lipinski definition) is 4. The Morgan fingerprint density at radius 2 is 2.42 bits per heavy atom. The van der Waals surface area contributed by atoms with Crippen LogP contribution in [0.15, 0.2) is 0 Å². The summed E-state index contributed by atoms with van der Waals surface area (Å²) in [5, 5.41) is 11.4. The molecule has 2 atom stereocenters. The number of tetrazole rings is 1. The molecule has 5 heteroatoms. The van der Waals surface area contributed by atoms with Gasteiger partial charge in [0.2, 0.25) is 0 Å². The smallest absolute Gasteiger partial charge is 0.165 e. The zero-order valence-corrected chi connectivity index (χ0v) is 7.14. The van der Waals surface area contributed by atoms with Crippen molar-refractivity contribution in [2.75, 3.05) is 0 Å². The summed E-state index contributed by atoms with van der Waals surface area (Å²) >= 11 is 0. The van der Waals surface area contributed by atoms with Gasteiger partial charge in [0.25, 0.3) is 0 Å². The van der Waals surface area contributed by atoms with Crippen LogP contribution in [-0.4, -0.2) is 20.2 Å². The van der Waals surface area contributed by atoms with Gasteiger partial charge in [-0.05, 0) is 29.2 Å². The third-order valence-electron chi connectivity index (χ3n) is 2.63. The van der Waals surface area contributed by atoms with Crippen LogP contribution in [0, 0.1) is 5.92 Å². The molecule has 0 aromatic carbocycles. The topological polar surface area (TPSA) is 69.6 Å². The van der Waals surface area contributed by atoms with Crippen molar-refractivity contribution >= 4 is 0 Å². The van der Waals surface area contributed by atoms with Crippen molar-refractivity contribution in [3.8, 4) is 0 Å². The van der Waals surface area contributed by atoms with E-state index in [1.807, 2.05) is 4.68 Å². The molecule has 1 fully saturated rings. The minimum atomic E-state index is 0.427.